The van der Waals surface area contributed by atoms with Gasteiger partial charge in [0.2, 0.25) is 5.91 Å². The molecule has 0 spiro atoms. The van der Waals surface area contributed by atoms with Gasteiger partial charge in [-0.25, -0.2) is 4.79 Å². The molecule has 7 nitrogen and oxygen atoms in total. The highest BCUT2D eigenvalue weighted by Gasteiger charge is 2.32. The second-order valence-corrected chi connectivity index (χ2v) is 7.20. The van der Waals surface area contributed by atoms with Gasteiger partial charge in [-0.3, -0.25) is 19.3 Å². The Balaban J connectivity index is 1.68. The van der Waals surface area contributed by atoms with Gasteiger partial charge in [-0.1, -0.05) is 38.1 Å². The molecule has 0 radical (unpaired) electrons. The molecular weight excluding hydrogens is 360 g/mol. The number of benzene rings is 2. The van der Waals surface area contributed by atoms with Gasteiger partial charge >= 0.3 is 5.97 Å². The Morgan fingerprint density at radius 1 is 1.04 bits per heavy atom. The van der Waals surface area contributed by atoms with Crippen molar-refractivity contribution in [3.05, 3.63) is 47.5 Å². The van der Waals surface area contributed by atoms with Crippen LogP contribution in [0.2, 0.25) is 0 Å². The number of carboxylic acid groups (broad SMARTS) is 1. The van der Waals surface area contributed by atoms with Gasteiger partial charge in [0.05, 0.1) is 0 Å². The fourth-order valence-electron chi connectivity index (χ4n) is 3.44. The predicted octanol–water partition coefficient (Wildman–Crippen LogP) is 2.44. The standard InChI is InChI=1S/C21H22N2O5/c1-12(2)18(21(27)28)22-16(24)10-5-11-23-19(25)14-8-3-6-13-7-4-9-15(17(13)14)20(23)26/h3-4,6-9,12,18H,5,10-11H2,1-2H3,(H,22,24)(H,27,28)/t18-/m1/s1. The Labute approximate surface area is 162 Å². The summed E-state index contributed by atoms with van der Waals surface area (Å²) in [6, 6.07) is 9.70. The number of aliphatic carboxylic acids is 1. The topological polar surface area (TPSA) is 104 Å². The Morgan fingerprint density at radius 2 is 1.61 bits per heavy atom. The van der Waals surface area contributed by atoms with Crippen LogP contribution in [0.15, 0.2) is 36.4 Å². The Morgan fingerprint density at radius 3 is 2.11 bits per heavy atom. The Bertz CT molecular complexity index is 916. The van der Waals surface area contributed by atoms with Gasteiger partial charge in [0.1, 0.15) is 6.04 Å². The molecule has 0 bridgehead atoms. The molecule has 3 rings (SSSR count). The maximum Gasteiger partial charge on any atom is 0.326 e. The fraction of sp³-hybridized carbons (Fsp3) is 0.333. The van der Waals surface area contributed by atoms with E-state index in [0.29, 0.717) is 16.5 Å². The minimum absolute atomic E-state index is 0.0272. The van der Waals surface area contributed by atoms with E-state index in [0.717, 1.165) is 10.3 Å². The summed E-state index contributed by atoms with van der Waals surface area (Å²) in [5.41, 5.74) is 0.950. The number of carboxylic acids is 1. The molecule has 1 aliphatic heterocycles. The minimum atomic E-state index is -1.09. The zero-order chi connectivity index (χ0) is 20.4. The van der Waals surface area contributed by atoms with Crippen LogP contribution in [-0.4, -0.2) is 46.3 Å². The van der Waals surface area contributed by atoms with Crippen molar-refractivity contribution in [2.45, 2.75) is 32.7 Å². The van der Waals surface area contributed by atoms with E-state index >= 15 is 0 Å². The molecule has 3 amide bonds. The minimum Gasteiger partial charge on any atom is -0.480 e. The summed E-state index contributed by atoms with van der Waals surface area (Å²) in [5.74, 6) is -2.50. The highest BCUT2D eigenvalue weighted by atomic mass is 16.4. The van der Waals surface area contributed by atoms with Gasteiger partial charge < -0.3 is 10.4 Å². The number of imide groups is 1. The van der Waals surface area contributed by atoms with Crippen LogP contribution < -0.4 is 5.32 Å². The summed E-state index contributed by atoms with van der Waals surface area (Å²) in [7, 11) is 0. The Hall–Kier alpha value is -3.22. The first-order valence-corrected chi connectivity index (χ1v) is 9.21. The molecule has 28 heavy (non-hydrogen) atoms. The van der Waals surface area contributed by atoms with E-state index in [1.165, 1.54) is 0 Å². The van der Waals surface area contributed by atoms with Crippen molar-refractivity contribution in [2.75, 3.05) is 6.54 Å². The van der Waals surface area contributed by atoms with Crippen molar-refractivity contribution in [3.8, 4) is 0 Å². The molecule has 1 atom stereocenters. The van der Waals surface area contributed by atoms with Gasteiger partial charge in [0, 0.05) is 29.5 Å². The van der Waals surface area contributed by atoms with Crippen LogP contribution in [0.5, 0.6) is 0 Å². The number of nitrogens with zero attached hydrogens (tertiary/aromatic N) is 1. The molecular formula is C21H22N2O5. The number of nitrogens with one attached hydrogen (secondary N) is 1. The first kappa shape index (κ1) is 19.5. The molecule has 2 N–H and O–H groups in total. The van der Waals surface area contributed by atoms with Crippen molar-refractivity contribution >= 4 is 34.5 Å². The summed E-state index contributed by atoms with van der Waals surface area (Å²) in [5, 5.41) is 13.1. The highest BCUT2D eigenvalue weighted by molar-refractivity contribution is 6.25. The lowest BCUT2D eigenvalue weighted by atomic mass is 9.94. The molecule has 0 aromatic heterocycles. The largest absolute Gasteiger partial charge is 0.480 e. The second-order valence-electron chi connectivity index (χ2n) is 7.20. The Kier molecular flexibility index (Phi) is 5.44. The third kappa shape index (κ3) is 3.60. The molecule has 1 aliphatic rings. The molecule has 0 saturated heterocycles. The van der Waals surface area contributed by atoms with Gasteiger partial charge in [-0.2, -0.15) is 0 Å². The van der Waals surface area contributed by atoms with Crippen molar-refractivity contribution in [1.82, 2.24) is 10.2 Å². The zero-order valence-electron chi connectivity index (χ0n) is 15.8. The molecule has 7 heteroatoms. The summed E-state index contributed by atoms with van der Waals surface area (Å²) >= 11 is 0. The van der Waals surface area contributed by atoms with Gasteiger partial charge in [-0.15, -0.1) is 0 Å². The zero-order valence-corrected chi connectivity index (χ0v) is 15.8. The summed E-state index contributed by atoms with van der Waals surface area (Å²) in [6.07, 6.45) is 0.283. The van der Waals surface area contributed by atoms with E-state index in [-0.39, 0.29) is 37.1 Å². The van der Waals surface area contributed by atoms with E-state index in [1.54, 1.807) is 38.1 Å². The molecule has 2 aromatic carbocycles. The monoisotopic (exact) mass is 382 g/mol. The number of carbonyl (C=O) groups is 4. The smallest absolute Gasteiger partial charge is 0.326 e. The summed E-state index contributed by atoms with van der Waals surface area (Å²) in [4.78, 5) is 49.9. The van der Waals surface area contributed by atoms with Crippen molar-refractivity contribution in [3.63, 3.8) is 0 Å². The molecule has 0 saturated carbocycles. The molecule has 1 heterocycles. The molecule has 146 valence electrons. The lowest BCUT2D eigenvalue weighted by Crippen LogP contribution is -2.45. The lowest BCUT2D eigenvalue weighted by Gasteiger charge is -2.27. The fourth-order valence-corrected chi connectivity index (χ4v) is 3.44. The first-order chi connectivity index (χ1) is 13.3. The molecule has 2 aromatic rings. The van der Waals surface area contributed by atoms with E-state index in [1.807, 2.05) is 12.1 Å². The average molecular weight is 382 g/mol. The quantitative estimate of drug-likeness (QED) is 0.716. The van der Waals surface area contributed by atoms with Crippen LogP contribution in [0.4, 0.5) is 0 Å². The van der Waals surface area contributed by atoms with Crippen LogP contribution in [0, 0.1) is 5.92 Å². The van der Waals surface area contributed by atoms with Crippen LogP contribution in [-0.2, 0) is 9.59 Å². The van der Waals surface area contributed by atoms with E-state index < -0.39 is 17.9 Å². The SMILES string of the molecule is CC(C)[C@@H](NC(=O)CCCN1C(=O)c2cccc3cccc(c23)C1=O)C(=O)O. The third-order valence-electron chi connectivity index (χ3n) is 4.89. The number of hydrogen-bond donors (Lipinski definition) is 2. The number of carbonyl (C=O) groups excluding carboxylic acids is 3. The summed E-state index contributed by atoms with van der Waals surface area (Å²) in [6.45, 7) is 3.51. The van der Waals surface area contributed by atoms with Gasteiger partial charge in [-0.05, 0) is 29.9 Å². The summed E-state index contributed by atoms with van der Waals surface area (Å²) < 4.78 is 0. The van der Waals surface area contributed by atoms with Crippen LogP contribution >= 0.6 is 0 Å². The van der Waals surface area contributed by atoms with E-state index in [4.69, 9.17) is 5.11 Å². The van der Waals surface area contributed by atoms with Gasteiger partial charge in [0.15, 0.2) is 0 Å². The second kappa shape index (κ2) is 7.80. The normalized spacial score (nSPS) is 14.5. The van der Waals surface area contributed by atoms with Crippen LogP contribution in [0.1, 0.15) is 47.4 Å². The highest BCUT2D eigenvalue weighted by Crippen LogP contribution is 2.30. The average Bonchev–Trinajstić information content (AvgIpc) is 2.66. The molecule has 0 fully saturated rings. The van der Waals surface area contributed by atoms with Gasteiger partial charge in [0.25, 0.3) is 11.8 Å². The maximum absolute atomic E-state index is 12.8. The number of hydrogen-bond acceptors (Lipinski definition) is 4. The van der Waals surface area contributed by atoms with Crippen molar-refractivity contribution in [2.24, 2.45) is 5.92 Å². The van der Waals surface area contributed by atoms with Crippen LogP contribution in [0.3, 0.4) is 0 Å². The third-order valence-corrected chi connectivity index (χ3v) is 4.89. The number of amides is 3. The van der Waals surface area contributed by atoms with E-state index in [2.05, 4.69) is 5.32 Å². The van der Waals surface area contributed by atoms with Crippen LogP contribution in [0.25, 0.3) is 10.8 Å². The lowest BCUT2D eigenvalue weighted by molar-refractivity contribution is -0.143. The van der Waals surface area contributed by atoms with Crippen molar-refractivity contribution < 1.29 is 24.3 Å². The molecule has 0 aliphatic carbocycles. The number of rotatable bonds is 7. The van der Waals surface area contributed by atoms with E-state index in [9.17, 15) is 19.2 Å². The maximum atomic E-state index is 12.8. The molecule has 0 unspecified atom stereocenters. The van der Waals surface area contributed by atoms with Crippen molar-refractivity contribution in [1.29, 1.82) is 0 Å². The predicted molar refractivity (Wildman–Crippen MR) is 103 cm³/mol. The first-order valence-electron chi connectivity index (χ1n) is 9.21.